The van der Waals surface area contributed by atoms with Gasteiger partial charge in [0.2, 0.25) is 6.17 Å². The summed E-state index contributed by atoms with van der Waals surface area (Å²) in [6.07, 6.45) is 19.0. The van der Waals surface area contributed by atoms with Crippen LogP contribution in [0.25, 0.3) is 0 Å². The summed E-state index contributed by atoms with van der Waals surface area (Å²) in [4.78, 5) is 0. The molecule has 0 amide bonds. The third kappa shape index (κ3) is 13.2. The first-order valence-corrected chi connectivity index (χ1v) is 12.3. The highest BCUT2D eigenvalue weighted by molar-refractivity contribution is 4.63. The SMILES string of the molecule is CCCCCCCCCCCCCC(CC)OC(C)C([N+](C)(C)C)[N+](C)(C)C. The van der Waals surface area contributed by atoms with E-state index in [-0.39, 0.29) is 6.10 Å². The molecule has 3 nitrogen and oxygen atoms in total. The molecule has 0 aromatic carbocycles. The van der Waals surface area contributed by atoms with Gasteiger partial charge in [0.25, 0.3) is 0 Å². The number of unbranched alkanes of at least 4 members (excludes halogenated alkanes) is 10. The average Bonchev–Trinajstić information content (AvgIpc) is 2.55. The van der Waals surface area contributed by atoms with Crippen molar-refractivity contribution in [2.45, 2.75) is 123 Å². The Morgan fingerprint density at radius 3 is 1.36 bits per heavy atom. The van der Waals surface area contributed by atoms with Gasteiger partial charge in [0, 0.05) is 0 Å². The molecule has 28 heavy (non-hydrogen) atoms. The van der Waals surface area contributed by atoms with E-state index >= 15 is 0 Å². The van der Waals surface area contributed by atoms with Crippen molar-refractivity contribution in [2.75, 3.05) is 42.3 Å². The monoisotopic (exact) mass is 400 g/mol. The third-order valence-electron chi connectivity index (χ3n) is 6.00. The number of nitrogens with zero attached hydrogens (tertiary/aromatic N) is 2. The second kappa shape index (κ2) is 14.8. The highest BCUT2D eigenvalue weighted by Crippen LogP contribution is 2.22. The molecule has 0 aliphatic rings. The largest absolute Gasteiger partial charge is 0.362 e. The first kappa shape index (κ1) is 27.9. The van der Waals surface area contributed by atoms with E-state index in [0.29, 0.717) is 12.3 Å². The lowest BCUT2D eigenvalue weighted by molar-refractivity contribution is -1.09. The molecule has 2 unspecified atom stereocenters. The first-order chi connectivity index (χ1) is 13.0. The number of hydrogen-bond donors (Lipinski definition) is 0. The van der Waals surface area contributed by atoms with Crippen molar-refractivity contribution >= 4 is 0 Å². The van der Waals surface area contributed by atoms with Crippen molar-refractivity contribution in [2.24, 2.45) is 0 Å². The fourth-order valence-electron chi connectivity index (χ4n) is 5.08. The molecule has 0 aliphatic carbocycles. The Labute approximate surface area is 179 Å². The molecule has 0 aromatic heterocycles. The van der Waals surface area contributed by atoms with E-state index in [1.54, 1.807) is 0 Å². The second-order valence-electron chi connectivity index (χ2n) is 10.8. The zero-order valence-corrected chi connectivity index (χ0v) is 21.2. The summed E-state index contributed by atoms with van der Waals surface area (Å²) in [5, 5.41) is 0. The van der Waals surface area contributed by atoms with Crippen molar-refractivity contribution in [3.63, 3.8) is 0 Å². The lowest BCUT2D eigenvalue weighted by atomic mass is 10.0. The molecule has 0 saturated carbocycles. The van der Waals surface area contributed by atoms with Crippen molar-refractivity contribution < 1.29 is 13.7 Å². The van der Waals surface area contributed by atoms with Crippen molar-refractivity contribution in [3.05, 3.63) is 0 Å². The van der Waals surface area contributed by atoms with Crippen molar-refractivity contribution in [3.8, 4) is 0 Å². The van der Waals surface area contributed by atoms with Crippen LogP contribution in [0.2, 0.25) is 0 Å². The van der Waals surface area contributed by atoms with Gasteiger partial charge in [-0.05, 0) is 19.8 Å². The fraction of sp³-hybridized carbons (Fsp3) is 1.00. The number of hydrogen-bond acceptors (Lipinski definition) is 1. The molecule has 0 fully saturated rings. The first-order valence-electron chi connectivity index (χ1n) is 12.3. The van der Waals surface area contributed by atoms with E-state index in [9.17, 15) is 0 Å². The zero-order valence-electron chi connectivity index (χ0n) is 21.2. The van der Waals surface area contributed by atoms with Gasteiger partial charge in [-0.2, -0.15) is 0 Å². The molecule has 0 bridgehead atoms. The summed E-state index contributed by atoms with van der Waals surface area (Å²) in [7, 11) is 13.7. The summed E-state index contributed by atoms with van der Waals surface area (Å²) in [6, 6.07) is 0. The second-order valence-corrected chi connectivity index (χ2v) is 10.8. The quantitative estimate of drug-likeness (QED) is 0.143. The van der Waals surface area contributed by atoms with Gasteiger partial charge in [-0.3, -0.25) is 8.97 Å². The Kier molecular flexibility index (Phi) is 14.7. The number of likely N-dealkylation sites (N-methyl/N-ethyl adjacent to an activating group) is 2. The molecule has 0 heterocycles. The average molecular weight is 401 g/mol. The van der Waals surface area contributed by atoms with Gasteiger partial charge in [-0.15, -0.1) is 0 Å². The van der Waals surface area contributed by atoms with Crippen LogP contribution in [0.5, 0.6) is 0 Å². The normalized spacial score (nSPS) is 15.2. The molecular formula is C25H56N2O+2. The van der Waals surface area contributed by atoms with Gasteiger partial charge in [-0.1, -0.05) is 84.5 Å². The van der Waals surface area contributed by atoms with E-state index in [4.69, 9.17) is 4.74 Å². The minimum atomic E-state index is 0.262. The topological polar surface area (TPSA) is 9.23 Å². The number of rotatable bonds is 18. The van der Waals surface area contributed by atoms with Crippen LogP contribution in [0.3, 0.4) is 0 Å². The fourth-order valence-corrected chi connectivity index (χ4v) is 5.08. The summed E-state index contributed by atoms with van der Waals surface area (Å²) in [5.41, 5.74) is 0. The minimum absolute atomic E-state index is 0.262. The van der Waals surface area contributed by atoms with E-state index in [1.807, 2.05) is 0 Å². The summed E-state index contributed by atoms with van der Waals surface area (Å²) < 4.78 is 8.44. The lowest BCUT2D eigenvalue weighted by Gasteiger charge is -2.45. The standard InChI is InChI=1S/C25H56N2O/c1-10-12-13-14-15-16-17-18-19-20-21-22-24(11-2)28-23(3)25(26(4,5)6)27(7,8)9/h23-25H,10-22H2,1-9H3/q+2. The summed E-state index contributed by atoms with van der Waals surface area (Å²) in [5.74, 6) is 0. The highest BCUT2D eigenvalue weighted by Gasteiger charge is 2.42. The van der Waals surface area contributed by atoms with Crippen molar-refractivity contribution in [1.82, 2.24) is 0 Å². The van der Waals surface area contributed by atoms with E-state index < -0.39 is 0 Å². The predicted octanol–water partition coefficient (Wildman–Crippen LogP) is 6.61. The summed E-state index contributed by atoms with van der Waals surface area (Å²) >= 11 is 0. The van der Waals surface area contributed by atoms with Gasteiger partial charge in [-0.25, -0.2) is 0 Å². The Morgan fingerprint density at radius 2 is 1.00 bits per heavy atom. The number of quaternary nitrogens is 2. The highest BCUT2D eigenvalue weighted by atomic mass is 16.5. The van der Waals surface area contributed by atoms with Crippen LogP contribution in [0, 0.1) is 0 Å². The molecule has 0 spiro atoms. The Morgan fingerprint density at radius 1 is 0.607 bits per heavy atom. The van der Waals surface area contributed by atoms with Gasteiger partial charge in [0.15, 0.2) is 6.10 Å². The van der Waals surface area contributed by atoms with Crippen LogP contribution in [0.1, 0.15) is 104 Å². The Balaban J connectivity index is 4.03. The molecule has 2 atom stereocenters. The van der Waals surface area contributed by atoms with Crippen LogP contribution >= 0.6 is 0 Å². The molecule has 0 aliphatic heterocycles. The minimum Gasteiger partial charge on any atom is -0.362 e. The van der Waals surface area contributed by atoms with Crippen LogP contribution in [0.4, 0.5) is 0 Å². The zero-order chi connectivity index (χ0) is 21.6. The van der Waals surface area contributed by atoms with E-state index in [2.05, 4.69) is 63.1 Å². The maximum Gasteiger partial charge on any atom is 0.241 e. The maximum absolute atomic E-state index is 6.58. The molecule has 0 N–H and O–H groups in total. The smallest absolute Gasteiger partial charge is 0.241 e. The molecule has 0 saturated heterocycles. The third-order valence-corrected chi connectivity index (χ3v) is 6.00. The summed E-state index contributed by atoms with van der Waals surface area (Å²) in [6.45, 7) is 6.85. The molecule has 3 heteroatoms. The maximum atomic E-state index is 6.58. The van der Waals surface area contributed by atoms with Gasteiger partial charge >= 0.3 is 0 Å². The van der Waals surface area contributed by atoms with Gasteiger partial charge < -0.3 is 4.74 Å². The van der Waals surface area contributed by atoms with Gasteiger partial charge in [0.05, 0.1) is 48.4 Å². The number of ether oxygens (including phenoxy) is 1. The van der Waals surface area contributed by atoms with Crippen molar-refractivity contribution in [1.29, 1.82) is 0 Å². The van der Waals surface area contributed by atoms with Crippen LogP contribution < -0.4 is 0 Å². The van der Waals surface area contributed by atoms with E-state index in [1.165, 1.54) is 77.0 Å². The van der Waals surface area contributed by atoms with Crippen LogP contribution in [0.15, 0.2) is 0 Å². The molecular weight excluding hydrogens is 344 g/mol. The van der Waals surface area contributed by atoms with Gasteiger partial charge in [0.1, 0.15) is 0 Å². The van der Waals surface area contributed by atoms with Crippen LogP contribution in [-0.4, -0.2) is 69.6 Å². The van der Waals surface area contributed by atoms with Crippen LogP contribution in [-0.2, 0) is 4.74 Å². The predicted molar refractivity (Wildman–Crippen MR) is 126 cm³/mol. The molecule has 170 valence electrons. The Hall–Kier alpha value is -0.120. The van der Waals surface area contributed by atoms with E-state index in [0.717, 1.165) is 15.4 Å². The lowest BCUT2D eigenvalue weighted by Crippen LogP contribution is -2.66. The molecule has 0 aromatic rings. The Bertz CT molecular complexity index is 343. The molecule has 0 radical (unpaired) electrons. The molecule has 0 rings (SSSR count).